The van der Waals surface area contributed by atoms with E-state index in [0.29, 0.717) is 10.0 Å². The monoisotopic (exact) mass is 315 g/mol. The Bertz CT molecular complexity index is 763. The Morgan fingerprint density at radius 2 is 1.62 bits per heavy atom. The van der Waals surface area contributed by atoms with Gasteiger partial charge in [0.2, 0.25) is 0 Å². The first-order chi connectivity index (χ1) is 10.2. The maximum absolute atomic E-state index is 6.04. The van der Waals surface area contributed by atoms with E-state index in [0.717, 1.165) is 22.4 Å². The van der Waals surface area contributed by atoms with Crippen LogP contribution in [0.2, 0.25) is 10.0 Å². The first-order valence-corrected chi connectivity index (χ1v) is 7.07. The minimum absolute atomic E-state index is 0.559. The second-order valence-corrected chi connectivity index (χ2v) is 5.29. The van der Waals surface area contributed by atoms with Crippen molar-refractivity contribution in [1.29, 1.82) is 0 Å². The van der Waals surface area contributed by atoms with Crippen LogP contribution in [0, 0.1) is 0 Å². The molecule has 0 radical (unpaired) electrons. The van der Waals surface area contributed by atoms with Gasteiger partial charge in [0, 0.05) is 0 Å². The molecule has 1 heterocycles. The molecule has 3 nitrogen and oxygen atoms in total. The number of hydrogen-bond donors (Lipinski definition) is 1. The molecule has 3 aromatic rings. The van der Waals surface area contributed by atoms with Crippen LogP contribution in [0.5, 0.6) is 0 Å². The smallest absolute Gasteiger partial charge is 0.105 e. The lowest BCUT2D eigenvalue weighted by Gasteiger charge is -2.04. The van der Waals surface area contributed by atoms with E-state index in [1.807, 2.05) is 48.6 Å². The molecule has 0 spiro atoms. The van der Waals surface area contributed by atoms with E-state index in [-0.39, 0.29) is 0 Å². The van der Waals surface area contributed by atoms with Gasteiger partial charge in [-0.05, 0) is 34.9 Å². The van der Waals surface area contributed by atoms with Crippen molar-refractivity contribution >= 4 is 35.4 Å². The number of benzene rings is 2. The summed E-state index contributed by atoms with van der Waals surface area (Å²) in [7, 11) is 0. The number of aromatic nitrogens is 3. The topological polar surface area (TPSA) is 41.6 Å². The molecule has 0 amide bonds. The summed E-state index contributed by atoms with van der Waals surface area (Å²) < 4.78 is 0. The van der Waals surface area contributed by atoms with Gasteiger partial charge in [0.1, 0.15) is 5.69 Å². The zero-order chi connectivity index (χ0) is 14.7. The molecule has 0 fully saturated rings. The van der Waals surface area contributed by atoms with Gasteiger partial charge in [-0.3, -0.25) is 0 Å². The molecule has 0 unspecified atom stereocenters. The molecule has 5 heteroatoms. The van der Waals surface area contributed by atoms with Crippen molar-refractivity contribution in [2.24, 2.45) is 0 Å². The van der Waals surface area contributed by atoms with Crippen molar-refractivity contribution in [2.45, 2.75) is 0 Å². The number of nitrogens with one attached hydrogen (secondary N) is 1. The molecule has 0 aliphatic carbocycles. The van der Waals surface area contributed by atoms with E-state index < -0.39 is 0 Å². The molecular formula is C16H11Cl2N3. The Labute approximate surface area is 132 Å². The number of halogens is 2. The van der Waals surface area contributed by atoms with E-state index >= 15 is 0 Å². The van der Waals surface area contributed by atoms with Crippen LogP contribution in [0.4, 0.5) is 0 Å². The lowest BCUT2D eigenvalue weighted by Crippen LogP contribution is -1.80. The fourth-order valence-electron chi connectivity index (χ4n) is 1.93. The Balaban J connectivity index is 1.82. The van der Waals surface area contributed by atoms with Gasteiger partial charge in [0.15, 0.2) is 0 Å². The van der Waals surface area contributed by atoms with Crippen LogP contribution in [0.3, 0.4) is 0 Å². The molecule has 21 heavy (non-hydrogen) atoms. The van der Waals surface area contributed by atoms with Crippen molar-refractivity contribution in [1.82, 2.24) is 15.4 Å². The summed E-state index contributed by atoms with van der Waals surface area (Å²) in [5.41, 5.74) is 4.01. The van der Waals surface area contributed by atoms with Crippen LogP contribution in [-0.2, 0) is 0 Å². The zero-order valence-corrected chi connectivity index (χ0v) is 12.4. The molecule has 0 bridgehead atoms. The molecule has 0 aliphatic rings. The first kappa shape index (κ1) is 13.9. The number of rotatable bonds is 3. The summed E-state index contributed by atoms with van der Waals surface area (Å²) in [4.78, 5) is 0. The summed E-state index contributed by atoms with van der Waals surface area (Å²) in [6.45, 7) is 0. The SMILES string of the molecule is Clc1ccc(-c2ccc(C=Cc3cn[nH]n3)cc2)cc1Cl. The Morgan fingerprint density at radius 1 is 0.857 bits per heavy atom. The maximum atomic E-state index is 6.04. The minimum atomic E-state index is 0.559. The fraction of sp³-hybridized carbons (Fsp3) is 0. The van der Waals surface area contributed by atoms with Gasteiger partial charge in [-0.1, -0.05) is 59.6 Å². The Hall–Kier alpha value is -2.10. The van der Waals surface area contributed by atoms with Crippen molar-refractivity contribution in [3.05, 3.63) is 70.0 Å². The number of H-pyrrole nitrogens is 1. The summed E-state index contributed by atoms with van der Waals surface area (Å²) >= 11 is 12.0. The summed E-state index contributed by atoms with van der Waals surface area (Å²) in [5.74, 6) is 0. The average molecular weight is 316 g/mol. The van der Waals surface area contributed by atoms with E-state index in [4.69, 9.17) is 23.2 Å². The van der Waals surface area contributed by atoms with Crippen LogP contribution in [-0.4, -0.2) is 15.4 Å². The molecule has 0 saturated carbocycles. The van der Waals surface area contributed by atoms with E-state index in [1.165, 1.54) is 0 Å². The van der Waals surface area contributed by atoms with E-state index in [1.54, 1.807) is 12.3 Å². The van der Waals surface area contributed by atoms with Gasteiger partial charge in [-0.2, -0.15) is 15.4 Å². The van der Waals surface area contributed by atoms with Crippen molar-refractivity contribution < 1.29 is 0 Å². The summed E-state index contributed by atoms with van der Waals surface area (Å²) in [6.07, 6.45) is 5.55. The van der Waals surface area contributed by atoms with Gasteiger partial charge in [0.25, 0.3) is 0 Å². The quantitative estimate of drug-likeness (QED) is 0.743. The van der Waals surface area contributed by atoms with Crippen molar-refractivity contribution in [3.63, 3.8) is 0 Å². The van der Waals surface area contributed by atoms with Crippen LogP contribution >= 0.6 is 23.2 Å². The highest BCUT2D eigenvalue weighted by Crippen LogP contribution is 2.28. The molecule has 1 aromatic heterocycles. The van der Waals surface area contributed by atoms with Gasteiger partial charge >= 0.3 is 0 Å². The summed E-state index contributed by atoms with van der Waals surface area (Å²) in [6, 6.07) is 13.8. The Morgan fingerprint density at radius 3 is 2.29 bits per heavy atom. The molecule has 104 valence electrons. The van der Waals surface area contributed by atoms with Gasteiger partial charge < -0.3 is 0 Å². The zero-order valence-electron chi connectivity index (χ0n) is 10.9. The largest absolute Gasteiger partial charge is 0.197 e. The lowest BCUT2D eigenvalue weighted by molar-refractivity contribution is 0.937. The van der Waals surface area contributed by atoms with Crippen molar-refractivity contribution in [3.8, 4) is 11.1 Å². The third-order valence-corrected chi connectivity index (χ3v) is 3.78. The number of hydrogen-bond acceptors (Lipinski definition) is 2. The molecule has 1 N–H and O–H groups in total. The highest BCUT2D eigenvalue weighted by molar-refractivity contribution is 6.42. The standard InChI is InChI=1S/C16H11Cl2N3/c17-15-8-6-13(9-16(15)18)12-4-1-11(2-5-12)3-7-14-10-19-21-20-14/h1-10H,(H,19,20,21). The predicted octanol–water partition coefficient (Wildman–Crippen LogP) is 4.95. The lowest BCUT2D eigenvalue weighted by atomic mass is 10.0. The highest BCUT2D eigenvalue weighted by Gasteiger charge is 2.02. The van der Waals surface area contributed by atoms with Crippen molar-refractivity contribution in [2.75, 3.05) is 0 Å². The molecule has 2 aromatic carbocycles. The molecule has 0 aliphatic heterocycles. The maximum Gasteiger partial charge on any atom is 0.105 e. The van der Waals surface area contributed by atoms with Crippen LogP contribution in [0.15, 0.2) is 48.7 Å². The normalized spacial score (nSPS) is 11.1. The third-order valence-electron chi connectivity index (χ3n) is 3.04. The second-order valence-electron chi connectivity index (χ2n) is 4.48. The highest BCUT2D eigenvalue weighted by atomic mass is 35.5. The van der Waals surface area contributed by atoms with E-state index in [9.17, 15) is 0 Å². The number of aromatic amines is 1. The first-order valence-electron chi connectivity index (χ1n) is 6.32. The molecular weight excluding hydrogens is 305 g/mol. The average Bonchev–Trinajstić information content (AvgIpc) is 3.02. The fourth-order valence-corrected chi connectivity index (χ4v) is 2.23. The van der Waals surface area contributed by atoms with Crippen LogP contribution < -0.4 is 0 Å². The van der Waals surface area contributed by atoms with Crippen LogP contribution in [0.1, 0.15) is 11.3 Å². The molecule has 0 atom stereocenters. The second kappa shape index (κ2) is 6.12. The van der Waals surface area contributed by atoms with Gasteiger partial charge in [-0.25, -0.2) is 0 Å². The third kappa shape index (κ3) is 3.32. The van der Waals surface area contributed by atoms with Crippen LogP contribution in [0.25, 0.3) is 23.3 Å². The molecule has 0 saturated heterocycles. The Kier molecular flexibility index (Phi) is 4.04. The van der Waals surface area contributed by atoms with Gasteiger partial charge in [0.05, 0.1) is 16.2 Å². The number of nitrogens with zero attached hydrogens (tertiary/aromatic N) is 2. The molecule has 3 rings (SSSR count). The van der Waals surface area contributed by atoms with Gasteiger partial charge in [-0.15, -0.1) is 0 Å². The van der Waals surface area contributed by atoms with E-state index in [2.05, 4.69) is 15.4 Å². The minimum Gasteiger partial charge on any atom is -0.197 e. The predicted molar refractivity (Wildman–Crippen MR) is 87.2 cm³/mol. The summed E-state index contributed by atoms with van der Waals surface area (Å²) in [5, 5.41) is 11.4.